The van der Waals surface area contributed by atoms with Crippen LogP contribution in [0.4, 0.5) is 0 Å². The molecule has 0 amide bonds. The molecule has 0 aliphatic heterocycles. The summed E-state index contributed by atoms with van der Waals surface area (Å²) in [5.74, 6) is 1.87. The van der Waals surface area contributed by atoms with Gasteiger partial charge < -0.3 is 9.30 Å². The van der Waals surface area contributed by atoms with E-state index in [2.05, 4.69) is 48.7 Å². The van der Waals surface area contributed by atoms with E-state index in [1.54, 1.807) is 0 Å². The van der Waals surface area contributed by atoms with E-state index < -0.39 is 0 Å². The van der Waals surface area contributed by atoms with E-state index in [9.17, 15) is 0 Å². The first-order valence-corrected chi connectivity index (χ1v) is 9.90. The van der Waals surface area contributed by atoms with Gasteiger partial charge in [0.25, 0.3) is 0 Å². The van der Waals surface area contributed by atoms with Gasteiger partial charge in [0.2, 0.25) is 0 Å². The summed E-state index contributed by atoms with van der Waals surface area (Å²) in [5.41, 5.74) is 5.59. The predicted molar refractivity (Wildman–Crippen MR) is 116 cm³/mol. The zero-order valence-electron chi connectivity index (χ0n) is 16.2. The van der Waals surface area contributed by atoms with Crippen LogP contribution in [0.5, 0.6) is 5.75 Å². The van der Waals surface area contributed by atoms with Gasteiger partial charge in [-0.1, -0.05) is 41.9 Å². The van der Waals surface area contributed by atoms with Gasteiger partial charge in [-0.05, 0) is 67.8 Å². The third-order valence-electron chi connectivity index (χ3n) is 4.73. The second-order valence-electron chi connectivity index (χ2n) is 7.11. The molecular formula is C24H23ClN2O. The highest BCUT2D eigenvalue weighted by Crippen LogP contribution is 2.27. The van der Waals surface area contributed by atoms with Crippen molar-refractivity contribution < 1.29 is 4.74 Å². The van der Waals surface area contributed by atoms with Gasteiger partial charge >= 0.3 is 0 Å². The monoisotopic (exact) mass is 390 g/mol. The number of para-hydroxylation sites is 2. The summed E-state index contributed by atoms with van der Waals surface area (Å²) in [6, 6.07) is 22.4. The largest absolute Gasteiger partial charge is 0.494 e. The fourth-order valence-corrected chi connectivity index (χ4v) is 3.77. The second-order valence-corrected chi connectivity index (χ2v) is 7.55. The Kier molecular flexibility index (Phi) is 5.36. The summed E-state index contributed by atoms with van der Waals surface area (Å²) in [5, 5.41) is 0.717. The molecule has 0 N–H and O–H groups in total. The van der Waals surface area contributed by atoms with Crippen LogP contribution < -0.4 is 4.74 Å². The molecule has 3 aromatic carbocycles. The van der Waals surface area contributed by atoms with Crippen molar-refractivity contribution in [3.8, 4) is 17.1 Å². The van der Waals surface area contributed by atoms with Crippen LogP contribution in [-0.4, -0.2) is 16.2 Å². The number of hydrogen-bond acceptors (Lipinski definition) is 2. The van der Waals surface area contributed by atoms with Crippen LogP contribution in [0.15, 0.2) is 66.7 Å². The van der Waals surface area contributed by atoms with Crippen LogP contribution in [0.2, 0.25) is 5.02 Å². The molecule has 1 aromatic heterocycles. The van der Waals surface area contributed by atoms with Crippen molar-refractivity contribution in [2.24, 2.45) is 0 Å². The topological polar surface area (TPSA) is 27.1 Å². The number of nitrogens with zero attached hydrogens (tertiary/aromatic N) is 2. The minimum absolute atomic E-state index is 0.657. The average Bonchev–Trinajstić information content (AvgIpc) is 3.03. The first-order valence-electron chi connectivity index (χ1n) is 9.52. The third kappa shape index (κ3) is 4.05. The number of hydrogen-bond donors (Lipinski definition) is 0. The molecule has 4 heteroatoms. The Hall–Kier alpha value is -2.78. The third-order valence-corrected chi connectivity index (χ3v) is 4.96. The van der Waals surface area contributed by atoms with E-state index in [1.165, 1.54) is 11.1 Å². The standard InChI is InChI=1S/C24H23ClN2O/c1-17-13-18(2)15-21(14-17)28-12-6-11-27-23-10-4-3-9-22(23)26-24(27)19-7-5-8-20(25)16-19/h3-5,7-10,13-16H,6,11-12H2,1-2H3. The molecule has 28 heavy (non-hydrogen) atoms. The van der Waals surface area contributed by atoms with Crippen molar-refractivity contribution in [3.63, 3.8) is 0 Å². The average molecular weight is 391 g/mol. The zero-order valence-corrected chi connectivity index (χ0v) is 16.9. The maximum absolute atomic E-state index is 6.21. The SMILES string of the molecule is Cc1cc(C)cc(OCCCn2c(-c3cccc(Cl)c3)nc3ccccc32)c1. The van der Waals surface area contributed by atoms with E-state index in [4.69, 9.17) is 21.3 Å². The predicted octanol–water partition coefficient (Wildman–Crippen LogP) is 6.44. The lowest BCUT2D eigenvalue weighted by Gasteiger charge is -2.11. The number of ether oxygens (including phenoxy) is 1. The molecule has 0 fully saturated rings. The first-order chi connectivity index (χ1) is 13.6. The first kappa shape index (κ1) is 18.6. The number of aromatic nitrogens is 2. The van der Waals surface area contributed by atoms with Gasteiger partial charge in [-0.25, -0.2) is 4.98 Å². The fourth-order valence-electron chi connectivity index (χ4n) is 3.58. The summed E-state index contributed by atoms with van der Waals surface area (Å²) < 4.78 is 8.24. The Labute approximate surface area is 170 Å². The number of imidazole rings is 1. The van der Waals surface area contributed by atoms with Crippen molar-refractivity contribution in [2.45, 2.75) is 26.8 Å². The molecule has 0 saturated heterocycles. The molecule has 4 aromatic rings. The molecule has 0 radical (unpaired) electrons. The molecule has 0 unspecified atom stereocenters. The van der Waals surface area contributed by atoms with Crippen LogP contribution >= 0.6 is 11.6 Å². The molecule has 0 spiro atoms. The summed E-state index contributed by atoms with van der Waals surface area (Å²) in [4.78, 5) is 4.85. The van der Waals surface area contributed by atoms with Crippen LogP contribution in [-0.2, 0) is 6.54 Å². The highest BCUT2D eigenvalue weighted by molar-refractivity contribution is 6.30. The second kappa shape index (κ2) is 8.07. The van der Waals surface area contributed by atoms with Crippen LogP contribution in [0.25, 0.3) is 22.4 Å². The zero-order chi connectivity index (χ0) is 19.5. The van der Waals surface area contributed by atoms with Crippen molar-refractivity contribution in [2.75, 3.05) is 6.61 Å². The van der Waals surface area contributed by atoms with E-state index in [0.29, 0.717) is 11.6 Å². The number of benzene rings is 3. The molecule has 0 saturated carbocycles. The summed E-state index contributed by atoms with van der Waals surface area (Å²) >= 11 is 6.21. The summed E-state index contributed by atoms with van der Waals surface area (Å²) in [6.45, 7) is 5.67. The minimum Gasteiger partial charge on any atom is -0.494 e. The Bertz CT molecular complexity index is 1100. The molecule has 4 rings (SSSR count). The summed E-state index contributed by atoms with van der Waals surface area (Å²) in [7, 11) is 0. The Balaban J connectivity index is 1.55. The van der Waals surface area contributed by atoms with Crippen molar-refractivity contribution in [3.05, 3.63) is 82.9 Å². The van der Waals surface area contributed by atoms with Gasteiger partial charge in [-0.3, -0.25) is 0 Å². The number of aryl methyl sites for hydroxylation is 3. The molecule has 142 valence electrons. The van der Waals surface area contributed by atoms with Crippen LogP contribution in [0.1, 0.15) is 17.5 Å². The Morgan fingerprint density at radius 2 is 1.71 bits per heavy atom. The van der Waals surface area contributed by atoms with Gasteiger partial charge in [0.1, 0.15) is 11.6 Å². The van der Waals surface area contributed by atoms with Gasteiger partial charge in [-0.2, -0.15) is 0 Å². The molecule has 3 nitrogen and oxygen atoms in total. The molecule has 0 bridgehead atoms. The molecule has 0 atom stereocenters. The number of halogens is 1. The molecule has 0 aliphatic rings. The Morgan fingerprint density at radius 3 is 2.50 bits per heavy atom. The van der Waals surface area contributed by atoms with Crippen molar-refractivity contribution in [1.29, 1.82) is 0 Å². The van der Waals surface area contributed by atoms with Gasteiger partial charge in [0, 0.05) is 17.1 Å². The van der Waals surface area contributed by atoms with Crippen LogP contribution in [0, 0.1) is 13.8 Å². The fraction of sp³-hybridized carbons (Fsp3) is 0.208. The number of fused-ring (bicyclic) bond motifs is 1. The van der Waals surface area contributed by atoms with E-state index in [0.717, 1.165) is 41.1 Å². The molecule has 1 heterocycles. The van der Waals surface area contributed by atoms with Crippen molar-refractivity contribution >= 4 is 22.6 Å². The lowest BCUT2D eigenvalue weighted by Crippen LogP contribution is -2.06. The minimum atomic E-state index is 0.657. The molecular weight excluding hydrogens is 368 g/mol. The lowest BCUT2D eigenvalue weighted by atomic mass is 10.1. The van der Waals surface area contributed by atoms with E-state index in [-0.39, 0.29) is 0 Å². The number of rotatable bonds is 6. The van der Waals surface area contributed by atoms with Crippen LogP contribution in [0.3, 0.4) is 0 Å². The van der Waals surface area contributed by atoms with E-state index in [1.807, 2.05) is 36.4 Å². The lowest BCUT2D eigenvalue weighted by molar-refractivity contribution is 0.302. The summed E-state index contributed by atoms with van der Waals surface area (Å²) in [6.07, 6.45) is 0.890. The van der Waals surface area contributed by atoms with Gasteiger partial charge in [0.05, 0.1) is 17.6 Å². The smallest absolute Gasteiger partial charge is 0.141 e. The highest BCUT2D eigenvalue weighted by atomic mass is 35.5. The molecule has 0 aliphatic carbocycles. The normalized spacial score (nSPS) is 11.1. The van der Waals surface area contributed by atoms with Gasteiger partial charge in [-0.15, -0.1) is 0 Å². The quantitative estimate of drug-likeness (QED) is 0.354. The maximum Gasteiger partial charge on any atom is 0.141 e. The van der Waals surface area contributed by atoms with Crippen molar-refractivity contribution in [1.82, 2.24) is 9.55 Å². The van der Waals surface area contributed by atoms with E-state index >= 15 is 0 Å². The Morgan fingerprint density at radius 1 is 0.929 bits per heavy atom. The maximum atomic E-state index is 6.21. The van der Waals surface area contributed by atoms with Gasteiger partial charge in [0.15, 0.2) is 0 Å². The highest BCUT2D eigenvalue weighted by Gasteiger charge is 2.12.